The van der Waals surface area contributed by atoms with Gasteiger partial charge in [-0.15, -0.1) is 0 Å². The zero-order chi connectivity index (χ0) is 10.5. The van der Waals surface area contributed by atoms with Crippen LogP contribution in [0.25, 0.3) is 0 Å². The van der Waals surface area contributed by atoms with Gasteiger partial charge in [-0.1, -0.05) is 23.7 Å². The van der Waals surface area contributed by atoms with Gasteiger partial charge in [-0.2, -0.15) is 0 Å². The van der Waals surface area contributed by atoms with Gasteiger partial charge in [-0.05, 0) is 30.0 Å². The Morgan fingerprint density at radius 2 is 2.40 bits per heavy atom. The Labute approximate surface area is 95.6 Å². The van der Waals surface area contributed by atoms with E-state index in [1.165, 1.54) is 12.0 Å². The van der Waals surface area contributed by atoms with Gasteiger partial charge in [-0.25, -0.2) is 0 Å². The summed E-state index contributed by atoms with van der Waals surface area (Å²) in [6, 6.07) is 7.97. The summed E-state index contributed by atoms with van der Waals surface area (Å²) in [5.74, 6) is 0.684. The molecule has 1 heterocycles. The summed E-state index contributed by atoms with van der Waals surface area (Å²) in [6.45, 7) is 3.75. The average Bonchev–Trinajstić information content (AvgIpc) is 2.71. The molecule has 1 fully saturated rings. The molecule has 0 bridgehead atoms. The van der Waals surface area contributed by atoms with E-state index in [-0.39, 0.29) is 0 Å². The highest BCUT2D eigenvalue weighted by atomic mass is 35.5. The van der Waals surface area contributed by atoms with Gasteiger partial charge in [0.1, 0.15) is 0 Å². The molecule has 1 aromatic carbocycles. The number of benzene rings is 1. The van der Waals surface area contributed by atoms with Crippen molar-refractivity contribution in [3.63, 3.8) is 0 Å². The maximum atomic E-state index is 5.90. The van der Waals surface area contributed by atoms with Crippen LogP contribution in [0.3, 0.4) is 0 Å². The van der Waals surface area contributed by atoms with Crippen molar-refractivity contribution in [2.75, 3.05) is 19.8 Å². The first-order valence-corrected chi connectivity index (χ1v) is 5.75. The monoisotopic (exact) mass is 225 g/mol. The third-order valence-corrected chi connectivity index (χ3v) is 2.91. The van der Waals surface area contributed by atoms with Gasteiger partial charge in [0.25, 0.3) is 0 Å². The van der Waals surface area contributed by atoms with Crippen LogP contribution in [0.4, 0.5) is 0 Å². The average molecular weight is 226 g/mol. The van der Waals surface area contributed by atoms with E-state index in [2.05, 4.69) is 11.4 Å². The summed E-state index contributed by atoms with van der Waals surface area (Å²) in [4.78, 5) is 0. The first kappa shape index (κ1) is 10.9. The third kappa shape index (κ3) is 3.49. The quantitative estimate of drug-likeness (QED) is 0.850. The van der Waals surface area contributed by atoms with Gasteiger partial charge in [0.2, 0.25) is 0 Å². The highest BCUT2D eigenvalue weighted by molar-refractivity contribution is 6.30. The van der Waals surface area contributed by atoms with Crippen LogP contribution in [-0.4, -0.2) is 19.8 Å². The Morgan fingerprint density at radius 1 is 1.47 bits per heavy atom. The van der Waals surface area contributed by atoms with Gasteiger partial charge >= 0.3 is 0 Å². The Balaban J connectivity index is 1.73. The molecule has 1 unspecified atom stereocenters. The second kappa shape index (κ2) is 5.50. The molecule has 1 aliphatic rings. The molecule has 0 aromatic heterocycles. The number of nitrogens with one attached hydrogen (secondary N) is 1. The van der Waals surface area contributed by atoms with E-state index in [0.717, 1.165) is 31.3 Å². The highest BCUT2D eigenvalue weighted by Crippen LogP contribution is 2.12. The molecular formula is C12H16ClNO. The van der Waals surface area contributed by atoms with E-state index >= 15 is 0 Å². The van der Waals surface area contributed by atoms with E-state index in [1.54, 1.807) is 0 Å². The molecule has 0 amide bonds. The lowest BCUT2D eigenvalue weighted by atomic mass is 10.1. The summed E-state index contributed by atoms with van der Waals surface area (Å²) in [7, 11) is 0. The van der Waals surface area contributed by atoms with E-state index in [1.807, 2.05) is 18.2 Å². The standard InChI is InChI=1S/C12H16ClNO/c13-12-3-1-2-10(6-12)7-14-8-11-4-5-15-9-11/h1-3,6,11,14H,4-5,7-9H2. The van der Waals surface area contributed by atoms with Crippen LogP contribution in [0.5, 0.6) is 0 Å². The normalized spacial score (nSPS) is 20.7. The van der Waals surface area contributed by atoms with Crippen LogP contribution >= 0.6 is 11.6 Å². The highest BCUT2D eigenvalue weighted by Gasteiger charge is 2.14. The van der Waals surface area contributed by atoms with Crippen molar-refractivity contribution in [3.8, 4) is 0 Å². The Hall–Kier alpha value is -0.570. The summed E-state index contributed by atoms with van der Waals surface area (Å²) in [6.07, 6.45) is 1.18. The van der Waals surface area contributed by atoms with Crippen LogP contribution in [0.15, 0.2) is 24.3 Å². The summed E-state index contributed by atoms with van der Waals surface area (Å²) >= 11 is 5.90. The minimum absolute atomic E-state index is 0.684. The van der Waals surface area contributed by atoms with Crippen molar-refractivity contribution >= 4 is 11.6 Å². The molecule has 2 rings (SSSR count). The first-order valence-electron chi connectivity index (χ1n) is 5.37. The van der Waals surface area contributed by atoms with Crippen molar-refractivity contribution in [1.29, 1.82) is 0 Å². The van der Waals surface area contributed by atoms with Crippen LogP contribution in [-0.2, 0) is 11.3 Å². The number of halogens is 1. The molecule has 0 spiro atoms. The minimum Gasteiger partial charge on any atom is -0.381 e. The van der Waals surface area contributed by atoms with Gasteiger partial charge in [-0.3, -0.25) is 0 Å². The maximum absolute atomic E-state index is 5.90. The van der Waals surface area contributed by atoms with Gasteiger partial charge in [0.15, 0.2) is 0 Å². The molecule has 0 radical (unpaired) electrons. The zero-order valence-corrected chi connectivity index (χ0v) is 9.46. The molecule has 1 atom stereocenters. The minimum atomic E-state index is 0.684. The van der Waals surface area contributed by atoms with Crippen LogP contribution in [0, 0.1) is 5.92 Å². The fraction of sp³-hybridized carbons (Fsp3) is 0.500. The molecule has 1 aromatic rings. The lowest BCUT2D eigenvalue weighted by Crippen LogP contribution is -2.22. The SMILES string of the molecule is Clc1cccc(CNCC2CCOC2)c1. The molecule has 2 nitrogen and oxygen atoms in total. The molecule has 3 heteroatoms. The molecule has 0 aliphatic carbocycles. The van der Waals surface area contributed by atoms with E-state index in [0.29, 0.717) is 5.92 Å². The second-order valence-electron chi connectivity index (χ2n) is 3.99. The number of hydrogen-bond acceptors (Lipinski definition) is 2. The lowest BCUT2D eigenvalue weighted by molar-refractivity contribution is 0.185. The molecule has 0 saturated carbocycles. The summed E-state index contributed by atoms with van der Waals surface area (Å²) in [5.41, 5.74) is 1.24. The molecule has 1 saturated heterocycles. The zero-order valence-electron chi connectivity index (χ0n) is 8.71. The Bertz CT molecular complexity index is 310. The predicted octanol–water partition coefficient (Wildman–Crippen LogP) is 2.47. The fourth-order valence-electron chi connectivity index (χ4n) is 1.81. The van der Waals surface area contributed by atoms with Gasteiger partial charge < -0.3 is 10.1 Å². The van der Waals surface area contributed by atoms with E-state index < -0.39 is 0 Å². The Morgan fingerprint density at radius 3 is 3.13 bits per heavy atom. The fourth-order valence-corrected chi connectivity index (χ4v) is 2.02. The maximum Gasteiger partial charge on any atom is 0.0507 e. The largest absolute Gasteiger partial charge is 0.381 e. The molecule has 1 aliphatic heterocycles. The number of rotatable bonds is 4. The number of ether oxygens (including phenoxy) is 1. The predicted molar refractivity (Wildman–Crippen MR) is 62.1 cm³/mol. The van der Waals surface area contributed by atoms with Gasteiger partial charge in [0, 0.05) is 24.7 Å². The van der Waals surface area contributed by atoms with Gasteiger partial charge in [0.05, 0.1) is 6.61 Å². The summed E-state index contributed by atoms with van der Waals surface area (Å²) < 4.78 is 5.32. The van der Waals surface area contributed by atoms with E-state index in [4.69, 9.17) is 16.3 Å². The van der Waals surface area contributed by atoms with Crippen LogP contribution in [0.1, 0.15) is 12.0 Å². The van der Waals surface area contributed by atoms with Crippen molar-refractivity contribution in [2.24, 2.45) is 5.92 Å². The lowest BCUT2D eigenvalue weighted by Gasteiger charge is -2.09. The van der Waals surface area contributed by atoms with Crippen LogP contribution in [0.2, 0.25) is 5.02 Å². The summed E-state index contributed by atoms with van der Waals surface area (Å²) in [5, 5.41) is 4.24. The molecule has 15 heavy (non-hydrogen) atoms. The van der Waals surface area contributed by atoms with Crippen molar-refractivity contribution < 1.29 is 4.74 Å². The smallest absolute Gasteiger partial charge is 0.0507 e. The topological polar surface area (TPSA) is 21.3 Å². The first-order chi connectivity index (χ1) is 7.34. The van der Waals surface area contributed by atoms with Crippen molar-refractivity contribution in [3.05, 3.63) is 34.9 Å². The Kier molecular flexibility index (Phi) is 4.01. The van der Waals surface area contributed by atoms with Crippen molar-refractivity contribution in [1.82, 2.24) is 5.32 Å². The van der Waals surface area contributed by atoms with Crippen LogP contribution < -0.4 is 5.32 Å². The number of hydrogen-bond donors (Lipinski definition) is 1. The molecular weight excluding hydrogens is 210 g/mol. The van der Waals surface area contributed by atoms with Crippen molar-refractivity contribution in [2.45, 2.75) is 13.0 Å². The third-order valence-electron chi connectivity index (χ3n) is 2.68. The molecule has 1 N–H and O–H groups in total. The second-order valence-corrected chi connectivity index (χ2v) is 4.43. The molecule has 82 valence electrons. The van der Waals surface area contributed by atoms with E-state index in [9.17, 15) is 0 Å².